The Labute approximate surface area is 240 Å². The number of anilines is 1. The minimum absolute atomic E-state index is 0.0831. The molecular weight excluding hydrogens is 498 g/mol. The van der Waals surface area contributed by atoms with Crippen LogP contribution in [0.1, 0.15) is 94.9 Å². The second-order valence-corrected chi connectivity index (χ2v) is 13.4. The molecule has 0 atom stereocenters. The van der Waals surface area contributed by atoms with E-state index in [2.05, 4.69) is 77.2 Å². The van der Waals surface area contributed by atoms with E-state index in [1.807, 2.05) is 29.5 Å². The molecule has 2 heterocycles. The Hall–Kier alpha value is -3.28. The number of likely N-dealkylation sites (tertiary alicyclic amines) is 1. The van der Waals surface area contributed by atoms with Crippen molar-refractivity contribution in [2.24, 2.45) is 13.0 Å². The van der Waals surface area contributed by atoms with Gasteiger partial charge in [-0.3, -0.25) is 9.59 Å². The van der Waals surface area contributed by atoms with Gasteiger partial charge >= 0.3 is 0 Å². The maximum atomic E-state index is 13.8. The van der Waals surface area contributed by atoms with Crippen LogP contribution in [0, 0.1) is 5.92 Å². The van der Waals surface area contributed by atoms with E-state index >= 15 is 0 Å². The molecule has 1 aliphatic heterocycles. The summed E-state index contributed by atoms with van der Waals surface area (Å²) < 4.78 is 7.91. The number of aromatic nitrogens is 1. The maximum absolute atomic E-state index is 13.8. The number of hydrogen-bond acceptors (Lipinski definition) is 3. The van der Waals surface area contributed by atoms with Gasteiger partial charge < -0.3 is 19.5 Å². The summed E-state index contributed by atoms with van der Waals surface area (Å²) in [5.74, 6) is 1.33. The zero-order valence-electron chi connectivity index (χ0n) is 25.9. The largest absolute Gasteiger partial charge is 0.494 e. The lowest BCUT2D eigenvalue weighted by Crippen LogP contribution is -2.38. The Morgan fingerprint density at radius 2 is 1.68 bits per heavy atom. The monoisotopic (exact) mass is 545 g/mol. The fourth-order valence-electron chi connectivity index (χ4n) is 5.92. The van der Waals surface area contributed by atoms with E-state index in [0.29, 0.717) is 29.5 Å². The van der Waals surface area contributed by atoms with Crippen LogP contribution < -0.4 is 10.1 Å². The van der Waals surface area contributed by atoms with Crippen molar-refractivity contribution in [2.75, 3.05) is 25.5 Å². The Balaban J connectivity index is 1.64. The molecule has 1 saturated heterocycles. The Bertz CT molecular complexity index is 1400. The van der Waals surface area contributed by atoms with E-state index in [-0.39, 0.29) is 22.6 Å². The second kappa shape index (κ2) is 11.3. The van der Waals surface area contributed by atoms with Crippen molar-refractivity contribution in [1.29, 1.82) is 0 Å². The van der Waals surface area contributed by atoms with E-state index in [1.54, 1.807) is 7.11 Å². The van der Waals surface area contributed by atoms with Gasteiger partial charge in [-0.15, -0.1) is 0 Å². The van der Waals surface area contributed by atoms with Crippen LogP contribution in [0.15, 0.2) is 36.4 Å². The molecule has 3 aromatic rings. The molecule has 4 rings (SSSR count). The van der Waals surface area contributed by atoms with Crippen molar-refractivity contribution in [3.8, 4) is 5.75 Å². The van der Waals surface area contributed by atoms with Crippen molar-refractivity contribution < 1.29 is 14.3 Å². The van der Waals surface area contributed by atoms with Crippen LogP contribution in [-0.2, 0) is 29.1 Å². The van der Waals surface area contributed by atoms with Gasteiger partial charge in [0.1, 0.15) is 11.4 Å². The van der Waals surface area contributed by atoms with Crippen LogP contribution >= 0.6 is 0 Å². The van der Waals surface area contributed by atoms with Gasteiger partial charge in [-0.05, 0) is 59.3 Å². The summed E-state index contributed by atoms with van der Waals surface area (Å²) in [5, 5.41) is 4.27. The number of nitrogens with one attached hydrogen (secondary N) is 1. The van der Waals surface area contributed by atoms with E-state index < -0.39 is 0 Å². The third kappa shape index (κ3) is 6.06. The van der Waals surface area contributed by atoms with E-state index in [0.717, 1.165) is 54.4 Å². The molecule has 0 bridgehead atoms. The number of para-hydroxylation sites is 1. The second-order valence-electron chi connectivity index (χ2n) is 13.4. The van der Waals surface area contributed by atoms with Crippen molar-refractivity contribution >= 4 is 28.4 Å². The molecule has 0 aliphatic carbocycles. The lowest BCUT2D eigenvalue weighted by molar-refractivity contribution is -0.132. The average molecular weight is 546 g/mol. The van der Waals surface area contributed by atoms with E-state index in [9.17, 15) is 9.59 Å². The van der Waals surface area contributed by atoms with Gasteiger partial charge in [0, 0.05) is 37.5 Å². The number of methoxy groups -OCH3 is 1. The molecule has 6 nitrogen and oxygen atoms in total. The number of fused-ring (bicyclic) bond motifs is 1. The predicted octanol–water partition coefficient (Wildman–Crippen LogP) is 7.23. The number of amides is 2. The number of rotatable bonds is 6. The van der Waals surface area contributed by atoms with Crippen LogP contribution in [0.25, 0.3) is 10.9 Å². The summed E-state index contributed by atoms with van der Waals surface area (Å²) in [6, 6.07) is 12.6. The van der Waals surface area contributed by atoms with Crippen LogP contribution in [-0.4, -0.2) is 41.5 Å². The maximum Gasteiger partial charge on any atom is 0.272 e. The fourth-order valence-corrected chi connectivity index (χ4v) is 5.92. The Morgan fingerprint density at radius 3 is 2.25 bits per heavy atom. The number of ether oxygens (including phenoxy) is 1. The molecule has 1 N–H and O–H groups in total. The van der Waals surface area contributed by atoms with Gasteiger partial charge in [0.2, 0.25) is 5.91 Å². The van der Waals surface area contributed by atoms with Crippen LogP contribution in [0.5, 0.6) is 5.75 Å². The summed E-state index contributed by atoms with van der Waals surface area (Å²) >= 11 is 0. The molecule has 1 aromatic heterocycles. The molecule has 0 spiro atoms. The summed E-state index contributed by atoms with van der Waals surface area (Å²) in [4.78, 5) is 27.9. The van der Waals surface area contributed by atoms with Gasteiger partial charge in [-0.25, -0.2) is 0 Å². The molecule has 6 heteroatoms. The lowest BCUT2D eigenvalue weighted by Gasteiger charge is -2.32. The molecular formula is C34H47N3O3. The molecule has 1 aliphatic rings. The molecule has 0 saturated carbocycles. The first kappa shape index (κ1) is 29.7. The molecule has 2 amide bonds. The van der Waals surface area contributed by atoms with E-state index in [4.69, 9.17) is 4.74 Å². The van der Waals surface area contributed by atoms with Gasteiger partial charge in [0.15, 0.2) is 0 Å². The fraction of sp³-hybridized carbons (Fsp3) is 0.529. The predicted molar refractivity (Wildman–Crippen MR) is 165 cm³/mol. The first-order chi connectivity index (χ1) is 18.7. The van der Waals surface area contributed by atoms with Gasteiger partial charge in [-0.2, -0.15) is 0 Å². The topological polar surface area (TPSA) is 63.6 Å². The lowest BCUT2D eigenvalue weighted by atomic mass is 9.79. The number of piperidine rings is 1. The Morgan fingerprint density at radius 1 is 1.00 bits per heavy atom. The number of carbonyl (C=O) groups excluding carboxylic acids is 2. The zero-order chi connectivity index (χ0) is 29.4. The van der Waals surface area contributed by atoms with E-state index in [1.165, 1.54) is 5.56 Å². The van der Waals surface area contributed by atoms with Crippen molar-refractivity contribution in [3.05, 3.63) is 58.8 Å². The van der Waals surface area contributed by atoms with Crippen LogP contribution in [0.4, 0.5) is 5.69 Å². The SMILES string of the molecule is CCC(=O)N1CCC(Cc2cccc3cc(C(=O)Nc4cc(C(C)(C)C)cc(C(C)(C)C)c4OC)n(C)c23)CC1. The highest BCUT2D eigenvalue weighted by molar-refractivity contribution is 6.07. The Kier molecular flexibility index (Phi) is 8.39. The highest BCUT2D eigenvalue weighted by Crippen LogP contribution is 2.41. The molecule has 216 valence electrons. The summed E-state index contributed by atoms with van der Waals surface area (Å²) in [6.45, 7) is 16.6. The van der Waals surface area contributed by atoms with Gasteiger partial charge in [-0.1, -0.05) is 72.7 Å². The highest BCUT2D eigenvalue weighted by atomic mass is 16.5. The number of benzene rings is 2. The minimum atomic E-state index is -0.153. The quantitative estimate of drug-likeness (QED) is 0.356. The molecule has 1 fully saturated rings. The first-order valence-electron chi connectivity index (χ1n) is 14.6. The normalized spacial score (nSPS) is 15.0. The van der Waals surface area contributed by atoms with Crippen LogP contribution in [0.2, 0.25) is 0 Å². The third-order valence-electron chi connectivity index (χ3n) is 8.37. The zero-order valence-corrected chi connectivity index (χ0v) is 25.9. The highest BCUT2D eigenvalue weighted by Gasteiger charge is 2.28. The standard InChI is InChI=1S/C34H47N3O3/c1-10-29(38)37-16-14-22(15-17-37)18-23-12-11-13-24-19-28(36(8)30(23)24)32(39)35-27-21-25(33(2,3)4)20-26(31(27)40-9)34(5,6)7/h11-13,19-22H,10,14-18H2,1-9H3,(H,35,39). The number of nitrogens with zero attached hydrogens (tertiary/aromatic N) is 2. The third-order valence-corrected chi connectivity index (χ3v) is 8.37. The molecule has 40 heavy (non-hydrogen) atoms. The van der Waals surface area contributed by atoms with Crippen molar-refractivity contribution in [2.45, 2.75) is 85.0 Å². The van der Waals surface area contributed by atoms with Crippen molar-refractivity contribution in [3.63, 3.8) is 0 Å². The smallest absolute Gasteiger partial charge is 0.272 e. The number of aryl methyl sites for hydroxylation is 1. The summed E-state index contributed by atoms with van der Waals surface area (Å²) in [6.07, 6.45) is 3.54. The first-order valence-corrected chi connectivity index (χ1v) is 14.6. The van der Waals surface area contributed by atoms with Crippen LogP contribution in [0.3, 0.4) is 0 Å². The minimum Gasteiger partial charge on any atom is -0.494 e. The molecule has 2 aromatic carbocycles. The molecule has 0 unspecified atom stereocenters. The average Bonchev–Trinajstić information content (AvgIpc) is 3.24. The molecule has 0 radical (unpaired) electrons. The summed E-state index contributed by atoms with van der Waals surface area (Å²) in [7, 11) is 3.65. The number of hydrogen-bond donors (Lipinski definition) is 1. The number of carbonyl (C=O) groups is 2. The van der Waals surface area contributed by atoms with Gasteiger partial charge in [0.25, 0.3) is 5.91 Å². The summed E-state index contributed by atoms with van der Waals surface area (Å²) in [5.41, 5.74) is 5.66. The van der Waals surface area contributed by atoms with Crippen molar-refractivity contribution in [1.82, 2.24) is 9.47 Å². The van der Waals surface area contributed by atoms with Gasteiger partial charge in [0.05, 0.1) is 18.3 Å².